The number of halogens is 2. The third-order valence-corrected chi connectivity index (χ3v) is 4.59. The van der Waals surface area contributed by atoms with Crippen LogP contribution in [0.1, 0.15) is 18.5 Å². The van der Waals surface area contributed by atoms with Gasteiger partial charge in [0, 0.05) is 10.0 Å². The van der Waals surface area contributed by atoms with Crippen LogP contribution in [0.3, 0.4) is 0 Å². The largest absolute Gasteiger partial charge is 0.355 e. The van der Waals surface area contributed by atoms with Crippen molar-refractivity contribution in [3.8, 4) is 0 Å². The number of benzene rings is 2. The molecule has 3 rings (SSSR count). The Labute approximate surface area is 131 Å². The summed E-state index contributed by atoms with van der Waals surface area (Å²) >= 11 is 13.8. The summed E-state index contributed by atoms with van der Waals surface area (Å²) in [7, 11) is 0. The fourth-order valence-corrected chi connectivity index (χ4v) is 3.58. The number of fused-ring (bicyclic) bond motifs is 1. The van der Waals surface area contributed by atoms with Crippen LogP contribution in [0.5, 0.6) is 0 Å². The van der Waals surface area contributed by atoms with E-state index in [2.05, 4.69) is 17.2 Å². The van der Waals surface area contributed by atoms with Crippen LogP contribution >= 0.6 is 34.5 Å². The average Bonchev–Trinajstić information content (AvgIpc) is 2.80. The van der Waals surface area contributed by atoms with Crippen LogP contribution in [0.25, 0.3) is 10.2 Å². The Morgan fingerprint density at radius 1 is 1.15 bits per heavy atom. The standard InChI is InChI=1S/C15H12Cl2N2S/c1-9(11-4-2-3-5-12(11)17)18-15-19-13-7-6-10(16)8-14(13)20-15/h2-9H,1H3,(H,18,19). The van der Waals surface area contributed by atoms with E-state index in [4.69, 9.17) is 23.2 Å². The highest BCUT2D eigenvalue weighted by atomic mass is 35.5. The first kappa shape index (κ1) is 13.7. The van der Waals surface area contributed by atoms with Gasteiger partial charge in [0.15, 0.2) is 5.13 Å². The summed E-state index contributed by atoms with van der Waals surface area (Å²) < 4.78 is 1.08. The molecule has 5 heteroatoms. The van der Waals surface area contributed by atoms with Gasteiger partial charge in [-0.3, -0.25) is 0 Å². The molecule has 1 N–H and O–H groups in total. The van der Waals surface area contributed by atoms with Crippen molar-refractivity contribution in [2.75, 3.05) is 5.32 Å². The van der Waals surface area contributed by atoms with Crippen LogP contribution in [0.15, 0.2) is 42.5 Å². The number of hydrogen-bond acceptors (Lipinski definition) is 3. The van der Waals surface area contributed by atoms with Gasteiger partial charge in [0.2, 0.25) is 0 Å². The SMILES string of the molecule is CC(Nc1nc2ccc(Cl)cc2s1)c1ccccc1Cl. The Morgan fingerprint density at radius 3 is 2.75 bits per heavy atom. The lowest BCUT2D eigenvalue weighted by atomic mass is 10.1. The quantitative estimate of drug-likeness (QED) is 0.661. The molecule has 102 valence electrons. The highest BCUT2D eigenvalue weighted by Crippen LogP contribution is 2.31. The Bertz CT molecular complexity index is 754. The minimum Gasteiger partial charge on any atom is -0.355 e. The average molecular weight is 323 g/mol. The van der Waals surface area contributed by atoms with Crippen LogP contribution in [-0.4, -0.2) is 4.98 Å². The molecule has 0 spiro atoms. The molecule has 0 amide bonds. The van der Waals surface area contributed by atoms with Crippen molar-refractivity contribution in [3.05, 3.63) is 58.1 Å². The summed E-state index contributed by atoms with van der Waals surface area (Å²) in [6.07, 6.45) is 0. The van der Waals surface area contributed by atoms with Crippen molar-refractivity contribution in [1.82, 2.24) is 4.98 Å². The Kier molecular flexibility index (Phi) is 3.83. The molecule has 0 saturated heterocycles. The summed E-state index contributed by atoms with van der Waals surface area (Å²) in [6, 6.07) is 13.6. The van der Waals surface area contributed by atoms with Gasteiger partial charge in [-0.05, 0) is 36.8 Å². The lowest BCUT2D eigenvalue weighted by molar-refractivity contribution is 0.883. The molecule has 1 aromatic heterocycles. The van der Waals surface area contributed by atoms with E-state index in [-0.39, 0.29) is 6.04 Å². The zero-order chi connectivity index (χ0) is 14.1. The first-order valence-electron chi connectivity index (χ1n) is 6.20. The highest BCUT2D eigenvalue weighted by Gasteiger charge is 2.11. The van der Waals surface area contributed by atoms with E-state index in [1.807, 2.05) is 42.5 Å². The summed E-state index contributed by atoms with van der Waals surface area (Å²) in [4.78, 5) is 4.55. The Morgan fingerprint density at radius 2 is 1.95 bits per heavy atom. The van der Waals surface area contributed by atoms with Crippen molar-refractivity contribution < 1.29 is 0 Å². The van der Waals surface area contributed by atoms with E-state index in [1.54, 1.807) is 11.3 Å². The lowest BCUT2D eigenvalue weighted by Crippen LogP contribution is -2.06. The molecule has 20 heavy (non-hydrogen) atoms. The van der Waals surface area contributed by atoms with Crippen LogP contribution in [-0.2, 0) is 0 Å². The normalized spacial score (nSPS) is 12.6. The van der Waals surface area contributed by atoms with E-state index in [9.17, 15) is 0 Å². The van der Waals surface area contributed by atoms with Crippen molar-refractivity contribution in [1.29, 1.82) is 0 Å². The van der Waals surface area contributed by atoms with E-state index in [0.29, 0.717) is 0 Å². The number of nitrogens with one attached hydrogen (secondary N) is 1. The summed E-state index contributed by atoms with van der Waals surface area (Å²) in [5.41, 5.74) is 2.01. The van der Waals surface area contributed by atoms with E-state index in [0.717, 1.165) is 31.0 Å². The molecule has 0 bridgehead atoms. The van der Waals surface area contributed by atoms with Gasteiger partial charge in [0.25, 0.3) is 0 Å². The van der Waals surface area contributed by atoms with Crippen molar-refractivity contribution in [3.63, 3.8) is 0 Å². The highest BCUT2D eigenvalue weighted by molar-refractivity contribution is 7.22. The van der Waals surface area contributed by atoms with Gasteiger partial charge in [-0.25, -0.2) is 4.98 Å². The second-order valence-electron chi connectivity index (χ2n) is 4.52. The number of aromatic nitrogens is 1. The van der Waals surface area contributed by atoms with Gasteiger partial charge in [0.1, 0.15) is 0 Å². The summed E-state index contributed by atoms with van der Waals surface area (Å²) in [6.45, 7) is 2.07. The fourth-order valence-electron chi connectivity index (χ4n) is 2.05. The van der Waals surface area contributed by atoms with Crippen molar-refractivity contribution in [2.24, 2.45) is 0 Å². The van der Waals surface area contributed by atoms with Gasteiger partial charge < -0.3 is 5.32 Å². The summed E-state index contributed by atoms with van der Waals surface area (Å²) in [5, 5.41) is 5.75. The van der Waals surface area contributed by atoms with E-state index in [1.165, 1.54) is 0 Å². The number of nitrogens with zero attached hydrogens (tertiary/aromatic N) is 1. The molecule has 2 nitrogen and oxygen atoms in total. The fraction of sp³-hybridized carbons (Fsp3) is 0.133. The second-order valence-corrected chi connectivity index (χ2v) is 6.39. The molecule has 1 atom stereocenters. The number of rotatable bonds is 3. The zero-order valence-electron chi connectivity index (χ0n) is 10.7. The van der Waals surface area contributed by atoms with Crippen LogP contribution < -0.4 is 5.32 Å². The molecular weight excluding hydrogens is 311 g/mol. The van der Waals surface area contributed by atoms with Crippen molar-refractivity contribution in [2.45, 2.75) is 13.0 Å². The molecule has 1 heterocycles. The zero-order valence-corrected chi connectivity index (χ0v) is 13.1. The number of anilines is 1. The Hall–Kier alpha value is -1.29. The van der Waals surface area contributed by atoms with Crippen LogP contribution in [0, 0.1) is 0 Å². The maximum Gasteiger partial charge on any atom is 0.184 e. The first-order chi connectivity index (χ1) is 9.63. The lowest BCUT2D eigenvalue weighted by Gasteiger charge is -2.14. The molecule has 3 aromatic rings. The smallest absolute Gasteiger partial charge is 0.184 e. The minimum absolute atomic E-state index is 0.0970. The molecule has 0 radical (unpaired) electrons. The molecule has 0 aliphatic rings. The van der Waals surface area contributed by atoms with E-state index < -0.39 is 0 Å². The monoisotopic (exact) mass is 322 g/mol. The molecular formula is C15H12Cl2N2S. The first-order valence-corrected chi connectivity index (χ1v) is 7.78. The predicted octanol–water partition coefficient (Wildman–Crippen LogP) is 5.78. The predicted molar refractivity (Wildman–Crippen MR) is 88.1 cm³/mol. The molecule has 0 saturated carbocycles. The summed E-state index contributed by atoms with van der Waals surface area (Å²) in [5.74, 6) is 0. The van der Waals surface area contributed by atoms with Crippen LogP contribution in [0.2, 0.25) is 10.0 Å². The third-order valence-electron chi connectivity index (χ3n) is 3.06. The minimum atomic E-state index is 0.0970. The second kappa shape index (κ2) is 5.60. The molecule has 0 aliphatic heterocycles. The third kappa shape index (κ3) is 2.75. The number of hydrogen-bond donors (Lipinski definition) is 1. The van der Waals surface area contributed by atoms with Gasteiger partial charge in [-0.1, -0.05) is 52.7 Å². The van der Waals surface area contributed by atoms with Gasteiger partial charge in [0.05, 0.1) is 16.3 Å². The van der Waals surface area contributed by atoms with Gasteiger partial charge >= 0.3 is 0 Å². The molecule has 0 aliphatic carbocycles. The maximum absolute atomic E-state index is 6.21. The van der Waals surface area contributed by atoms with Crippen molar-refractivity contribution >= 4 is 49.9 Å². The van der Waals surface area contributed by atoms with Gasteiger partial charge in [-0.15, -0.1) is 0 Å². The molecule has 0 fully saturated rings. The topological polar surface area (TPSA) is 24.9 Å². The molecule has 2 aromatic carbocycles. The Balaban J connectivity index is 1.87. The van der Waals surface area contributed by atoms with Gasteiger partial charge in [-0.2, -0.15) is 0 Å². The maximum atomic E-state index is 6.21. The number of thiazole rings is 1. The van der Waals surface area contributed by atoms with Crippen LogP contribution in [0.4, 0.5) is 5.13 Å². The van der Waals surface area contributed by atoms with E-state index >= 15 is 0 Å². The molecule has 1 unspecified atom stereocenters.